The third-order valence-corrected chi connectivity index (χ3v) is 4.87. The van der Waals surface area contributed by atoms with Gasteiger partial charge in [-0.3, -0.25) is 0 Å². The zero-order valence-electron chi connectivity index (χ0n) is 13.5. The molecule has 1 nitrogen and oxygen atoms in total. The van der Waals surface area contributed by atoms with Crippen LogP contribution in [0.4, 0.5) is 5.69 Å². The monoisotopic (exact) mass is 331 g/mol. The number of fused-ring (bicyclic) bond motifs is 2. The van der Waals surface area contributed by atoms with Crippen LogP contribution in [0.5, 0.6) is 0 Å². The number of anilines is 1. The molecule has 0 heterocycles. The van der Waals surface area contributed by atoms with Crippen molar-refractivity contribution >= 4 is 38.8 Å². The molecule has 0 aromatic heterocycles. The fourth-order valence-electron chi connectivity index (χ4n) is 3.30. The fourth-order valence-corrected chi connectivity index (χ4v) is 3.63. The first kappa shape index (κ1) is 15.0. The lowest BCUT2D eigenvalue weighted by Gasteiger charge is -2.15. The molecular weight excluding hydrogens is 314 g/mol. The van der Waals surface area contributed by atoms with Crippen molar-refractivity contribution in [2.24, 2.45) is 0 Å². The Hall–Kier alpha value is -2.51. The van der Waals surface area contributed by atoms with Gasteiger partial charge in [-0.2, -0.15) is 0 Å². The van der Waals surface area contributed by atoms with E-state index in [4.69, 9.17) is 11.6 Å². The van der Waals surface area contributed by atoms with E-state index in [1.54, 1.807) is 0 Å². The number of hydrogen-bond donors (Lipinski definition) is 1. The Morgan fingerprint density at radius 2 is 1.33 bits per heavy atom. The Labute approximate surface area is 146 Å². The van der Waals surface area contributed by atoms with Gasteiger partial charge in [0.2, 0.25) is 0 Å². The smallest absolute Gasteiger partial charge is 0.0562 e. The van der Waals surface area contributed by atoms with E-state index in [-0.39, 0.29) is 0 Å². The molecule has 1 N–H and O–H groups in total. The summed E-state index contributed by atoms with van der Waals surface area (Å²) in [6, 6.07) is 25.2. The normalized spacial score (nSPS) is 11.1. The highest BCUT2D eigenvalue weighted by Crippen LogP contribution is 2.36. The summed E-state index contributed by atoms with van der Waals surface area (Å²) in [7, 11) is 0. The van der Waals surface area contributed by atoms with Crippen LogP contribution in [0, 0.1) is 6.92 Å². The molecule has 24 heavy (non-hydrogen) atoms. The Bertz CT molecular complexity index is 979. The van der Waals surface area contributed by atoms with Crippen molar-refractivity contribution in [3.63, 3.8) is 0 Å². The lowest BCUT2D eigenvalue weighted by atomic mass is 9.96. The fraction of sp³-hybridized carbons (Fsp3) is 0.0909. The van der Waals surface area contributed by atoms with Crippen LogP contribution < -0.4 is 5.32 Å². The Kier molecular flexibility index (Phi) is 3.87. The molecule has 0 saturated heterocycles. The Morgan fingerprint density at radius 1 is 0.750 bits per heavy atom. The molecule has 0 atom stereocenters. The maximum absolute atomic E-state index is 6.66. The first-order valence-electron chi connectivity index (χ1n) is 8.12. The number of benzene rings is 4. The van der Waals surface area contributed by atoms with Gasteiger partial charge in [-0.25, -0.2) is 0 Å². The van der Waals surface area contributed by atoms with E-state index in [0.29, 0.717) is 0 Å². The predicted molar refractivity (Wildman–Crippen MR) is 105 cm³/mol. The van der Waals surface area contributed by atoms with Gasteiger partial charge in [0.25, 0.3) is 0 Å². The quantitative estimate of drug-likeness (QED) is 0.419. The molecule has 118 valence electrons. The van der Waals surface area contributed by atoms with E-state index in [2.05, 4.69) is 72.9 Å². The number of rotatable bonds is 3. The van der Waals surface area contributed by atoms with Gasteiger partial charge in [0.1, 0.15) is 0 Å². The largest absolute Gasteiger partial charge is 0.381 e. The highest BCUT2D eigenvalue weighted by molar-refractivity contribution is 6.41. The third-order valence-electron chi connectivity index (χ3n) is 4.46. The topological polar surface area (TPSA) is 12.0 Å². The molecule has 0 saturated carbocycles. The molecule has 4 rings (SSSR count). The minimum Gasteiger partial charge on any atom is -0.381 e. The van der Waals surface area contributed by atoms with Crippen LogP contribution in [-0.2, 0) is 6.54 Å². The van der Waals surface area contributed by atoms with Crippen molar-refractivity contribution in [2.45, 2.75) is 13.5 Å². The molecule has 0 radical (unpaired) electrons. The van der Waals surface area contributed by atoms with E-state index >= 15 is 0 Å². The van der Waals surface area contributed by atoms with Crippen molar-refractivity contribution in [1.29, 1.82) is 0 Å². The van der Waals surface area contributed by atoms with Gasteiger partial charge in [0.15, 0.2) is 0 Å². The van der Waals surface area contributed by atoms with Crippen LogP contribution >= 0.6 is 11.6 Å². The molecule has 0 unspecified atom stereocenters. The van der Waals surface area contributed by atoms with Gasteiger partial charge < -0.3 is 5.32 Å². The molecule has 4 aromatic rings. The van der Waals surface area contributed by atoms with Crippen LogP contribution in [0.1, 0.15) is 11.1 Å². The lowest BCUT2D eigenvalue weighted by Crippen LogP contribution is -2.01. The van der Waals surface area contributed by atoms with E-state index < -0.39 is 0 Å². The van der Waals surface area contributed by atoms with Crippen LogP contribution in [0.2, 0.25) is 5.02 Å². The van der Waals surface area contributed by atoms with Gasteiger partial charge in [0.05, 0.1) is 5.02 Å². The molecule has 0 amide bonds. The van der Waals surface area contributed by atoms with Gasteiger partial charge in [-0.15, -0.1) is 0 Å². The molecule has 0 aliphatic rings. The van der Waals surface area contributed by atoms with Crippen molar-refractivity contribution in [2.75, 3.05) is 5.32 Å². The van der Waals surface area contributed by atoms with E-state index in [9.17, 15) is 0 Å². The average Bonchev–Trinajstić information content (AvgIpc) is 2.62. The Morgan fingerprint density at radius 3 is 1.92 bits per heavy atom. The maximum atomic E-state index is 6.66. The van der Waals surface area contributed by atoms with Crippen LogP contribution in [0.3, 0.4) is 0 Å². The summed E-state index contributed by atoms with van der Waals surface area (Å²) < 4.78 is 0. The van der Waals surface area contributed by atoms with Crippen molar-refractivity contribution in [3.05, 3.63) is 88.9 Å². The summed E-state index contributed by atoms with van der Waals surface area (Å²) in [5.41, 5.74) is 3.68. The van der Waals surface area contributed by atoms with Crippen LogP contribution in [0.25, 0.3) is 21.5 Å². The highest BCUT2D eigenvalue weighted by Gasteiger charge is 2.11. The second-order valence-electron chi connectivity index (χ2n) is 6.11. The SMILES string of the molecule is Cc1cccc(NCc2c3ccccc3c(Cl)c3ccccc23)c1. The summed E-state index contributed by atoms with van der Waals surface area (Å²) in [6.07, 6.45) is 0. The minimum atomic E-state index is 0.766. The summed E-state index contributed by atoms with van der Waals surface area (Å²) in [5, 5.41) is 9.04. The van der Waals surface area contributed by atoms with Crippen molar-refractivity contribution < 1.29 is 0 Å². The number of hydrogen-bond acceptors (Lipinski definition) is 1. The van der Waals surface area contributed by atoms with E-state index in [1.807, 2.05) is 12.1 Å². The van der Waals surface area contributed by atoms with Crippen LogP contribution in [-0.4, -0.2) is 0 Å². The average molecular weight is 332 g/mol. The second kappa shape index (κ2) is 6.18. The summed E-state index contributed by atoms with van der Waals surface area (Å²) >= 11 is 6.66. The number of halogens is 1. The summed E-state index contributed by atoms with van der Waals surface area (Å²) in [4.78, 5) is 0. The lowest BCUT2D eigenvalue weighted by molar-refractivity contribution is 1.18. The summed E-state index contributed by atoms with van der Waals surface area (Å²) in [5.74, 6) is 0. The molecule has 0 spiro atoms. The highest BCUT2D eigenvalue weighted by atomic mass is 35.5. The van der Waals surface area contributed by atoms with E-state index in [0.717, 1.165) is 28.0 Å². The number of aryl methyl sites for hydroxylation is 1. The number of nitrogens with one attached hydrogen (secondary N) is 1. The van der Waals surface area contributed by atoms with Gasteiger partial charge >= 0.3 is 0 Å². The predicted octanol–water partition coefficient (Wildman–Crippen LogP) is 6.57. The van der Waals surface area contributed by atoms with Gasteiger partial charge in [0, 0.05) is 23.0 Å². The van der Waals surface area contributed by atoms with Gasteiger partial charge in [-0.05, 0) is 41.0 Å². The van der Waals surface area contributed by atoms with E-state index in [1.165, 1.54) is 21.9 Å². The van der Waals surface area contributed by atoms with Crippen molar-refractivity contribution in [3.8, 4) is 0 Å². The van der Waals surface area contributed by atoms with Crippen molar-refractivity contribution in [1.82, 2.24) is 0 Å². The minimum absolute atomic E-state index is 0.766. The van der Waals surface area contributed by atoms with Gasteiger partial charge in [-0.1, -0.05) is 72.3 Å². The van der Waals surface area contributed by atoms with Crippen LogP contribution in [0.15, 0.2) is 72.8 Å². The third kappa shape index (κ3) is 2.61. The Balaban J connectivity index is 1.87. The first-order chi connectivity index (χ1) is 11.7. The summed E-state index contributed by atoms with van der Waals surface area (Å²) in [6.45, 7) is 2.87. The maximum Gasteiger partial charge on any atom is 0.0562 e. The molecule has 0 fully saturated rings. The standard InChI is InChI=1S/C22H18ClN/c1-15-7-6-8-16(13-15)24-14-21-17-9-2-4-11-19(17)22(23)20-12-5-3-10-18(20)21/h2-13,24H,14H2,1H3. The molecular formula is C22H18ClN. The molecule has 2 heteroatoms. The zero-order chi connectivity index (χ0) is 16.5. The second-order valence-corrected chi connectivity index (χ2v) is 6.48. The zero-order valence-corrected chi connectivity index (χ0v) is 14.3. The molecule has 4 aromatic carbocycles. The molecule has 0 aliphatic heterocycles. The first-order valence-corrected chi connectivity index (χ1v) is 8.50. The molecule has 0 bridgehead atoms. The molecule has 0 aliphatic carbocycles.